The average molecular weight is 155 g/mol. The summed E-state index contributed by atoms with van der Waals surface area (Å²) < 4.78 is 0. The first-order valence-corrected chi connectivity index (χ1v) is 3.26. The third kappa shape index (κ3) is 1.46. The van der Waals surface area contributed by atoms with E-state index >= 15 is 0 Å². The maximum atomic E-state index is 10.3. The largest absolute Gasteiger partial charge is 0.378 e. The summed E-state index contributed by atoms with van der Waals surface area (Å²) in [6, 6.07) is -1.02. The molecule has 0 saturated carbocycles. The Morgan fingerprint density at radius 2 is 2.27 bits per heavy atom. The van der Waals surface area contributed by atoms with Crippen LogP contribution in [0.25, 0.3) is 0 Å². The van der Waals surface area contributed by atoms with Gasteiger partial charge in [-0.05, 0) is 19.1 Å². The molecule has 0 aliphatic heterocycles. The smallest absolute Gasteiger partial charge is 0.263 e. The number of aliphatic hydroxyl groups is 1. The average Bonchev–Trinajstić information content (AvgIpc) is 1.85. The topological polar surface area (TPSA) is 63.4 Å². The molecule has 1 aliphatic carbocycles. The van der Waals surface area contributed by atoms with E-state index in [0.29, 0.717) is 0 Å². The second-order valence-corrected chi connectivity index (χ2v) is 2.70. The fourth-order valence-corrected chi connectivity index (χ4v) is 0.997. The van der Waals surface area contributed by atoms with Crippen LogP contribution in [0.1, 0.15) is 6.92 Å². The van der Waals surface area contributed by atoms with Crippen LogP contribution in [-0.2, 0) is 0 Å². The van der Waals surface area contributed by atoms with Gasteiger partial charge in [-0.2, -0.15) is 0 Å². The molecular formula is C7H9NO3. The van der Waals surface area contributed by atoms with Gasteiger partial charge in [-0.1, -0.05) is 12.2 Å². The summed E-state index contributed by atoms with van der Waals surface area (Å²) in [5.74, 6) is 0. The molecule has 1 aliphatic rings. The van der Waals surface area contributed by atoms with Crippen LogP contribution in [0.2, 0.25) is 0 Å². The van der Waals surface area contributed by atoms with Gasteiger partial charge in [0.2, 0.25) is 0 Å². The van der Waals surface area contributed by atoms with Gasteiger partial charge in [0.15, 0.2) is 5.60 Å². The highest BCUT2D eigenvalue weighted by molar-refractivity contribution is 5.21. The van der Waals surface area contributed by atoms with Crippen LogP contribution in [0.15, 0.2) is 24.3 Å². The summed E-state index contributed by atoms with van der Waals surface area (Å²) in [5.41, 5.74) is -1.35. The summed E-state index contributed by atoms with van der Waals surface area (Å²) in [6.45, 7) is 1.42. The van der Waals surface area contributed by atoms with Crippen molar-refractivity contribution in [2.45, 2.75) is 18.6 Å². The third-order valence-corrected chi connectivity index (χ3v) is 1.66. The molecular weight excluding hydrogens is 146 g/mol. The van der Waals surface area contributed by atoms with E-state index in [1.54, 1.807) is 12.2 Å². The highest BCUT2D eigenvalue weighted by Crippen LogP contribution is 2.19. The molecule has 0 aromatic heterocycles. The van der Waals surface area contributed by atoms with Crippen molar-refractivity contribution in [3.05, 3.63) is 34.4 Å². The fourth-order valence-electron chi connectivity index (χ4n) is 0.997. The van der Waals surface area contributed by atoms with Crippen molar-refractivity contribution in [1.82, 2.24) is 0 Å². The molecule has 4 nitrogen and oxygen atoms in total. The quantitative estimate of drug-likeness (QED) is 0.443. The normalized spacial score (nSPS) is 35.6. The van der Waals surface area contributed by atoms with Crippen molar-refractivity contribution in [1.29, 1.82) is 0 Å². The zero-order valence-electron chi connectivity index (χ0n) is 6.10. The number of nitro groups is 1. The summed E-state index contributed by atoms with van der Waals surface area (Å²) in [4.78, 5) is 9.83. The van der Waals surface area contributed by atoms with Gasteiger partial charge in [0.05, 0.1) is 0 Å². The van der Waals surface area contributed by atoms with E-state index in [1.807, 2.05) is 0 Å². The highest BCUT2D eigenvalue weighted by atomic mass is 16.6. The zero-order valence-corrected chi connectivity index (χ0v) is 6.10. The van der Waals surface area contributed by atoms with Gasteiger partial charge < -0.3 is 5.11 Å². The van der Waals surface area contributed by atoms with E-state index in [4.69, 9.17) is 0 Å². The Hall–Kier alpha value is -1.16. The van der Waals surface area contributed by atoms with Crippen LogP contribution >= 0.6 is 0 Å². The SMILES string of the molecule is CC1(O)C=CC=CC1[N+](=O)[O-]. The number of hydrogen-bond acceptors (Lipinski definition) is 3. The molecule has 0 amide bonds. The minimum absolute atomic E-state index is 0.500. The monoisotopic (exact) mass is 155 g/mol. The molecule has 2 unspecified atom stereocenters. The standard InChI is InChI=1S/C7H9NO3/c1-7(9)5-3-2-4-6(7)8(10)11/h2-6,9H,1H3. The van der Waals surface area contributed by atoms with Crippen LogP contribution < -0.4 is 0 Å². The van der Waals surface area contributed by atoms with Crippen LogP contribution in [0.4, 0.5) is 0 Å². The van der Waals surface area contributed by atoms with Gasteiger partial charge in [0.25, 0.3) is 6.04 Å². The van der Waals surface area contributed by atoms with Crippen molar-refractivity contribution in [3.63, 3.8) is 0 Å². The number of rotatable bonds is 1. The lowest BCUT2D eigenvalue weighted by molar-refractivity contribution is -0.527. The lowest BCUT2D eigenvalue weighted by Gasteiger charge is -2.22. The van der Waals surface area contributed by atoms with Gasteiger partial charge in [-0.25, -0.2) is 0 Å². The summed E-state index contributed by atoms with van der Waals surface area (Å²) in [6.07, 6.45) is 5.95. The van der Waals surface area contributed by atoms with Gasteiger partial charge in [-0.3, -0.25) is 10.1 Å². The predicted octanol–water partition coefficient (Wildman–Crippen LogP) is 0.509. The third-order valence-electron chi connectivity index (χ3n) is 1.66. The molecule has 1 N–H and O–H groups in total. The first-order chi connectivity index (χ1) is 5.04. The molecule has 0 aromatic carbocycles. The second kappa shape index (κ2) is 2.47. The Bertz CT molecular complexity index is 230. The second-order valence-electron chi connectivity index (χ2n) is 2.70. The summed E-state index contributed by atoms with van der Waals surface area (Å²) in [5, 5.41) is 19.8. The molecule has 4 heteroatoms. The van der Waals surface area contributed by atoms with E-state index in [9.17, 15) is 15.2 Å². The lowest BCUT2D eigenvalue weighted by atomic mass is 9.93. The molecule has 0 bridgehead atoms. The van der Waals surface area contributed by atoms with Crippen molar-refractivity contribution < 1.29 is 10.0 Å². The summed E-state index contributed by atoms with van der Waals surface area (Å²) in [7, 11) is 0. The van der Waals surface area contributed by atoms with E-state index in [1.165, 1.54) is 19.1 Å². The Morgan fingerprint density at radius 3 is 2.64 bits per heavy atom. The van der Waals surface area contributed by atoms with Gasteiger partial charge in [-0.15, -0.1) is 0 Å². The maximum Gasteiger partial charge on any atom is 0.263 e. The van der Waals surface area contributed by atoms with E-state index in [-0.39, 0.29) is 0 Å². The molecule has 0 fully saturated rings. The number of nitrogens with zero attached hydrogens (tertiary/aromatic N) is 1. The van der Waals surface area contributed by atoms with Crippen LogP contribution in [0.3, 0.4) is 0 Å². The highest BCUT2D eigenvalue weighted by Gasteiger charge is 2.37. The van der Waals surface area contributed by atoms with Gasteiger partial charge in [0, 0.05) is 4.92 Å². The van der Waals surface area contributed by atoms with Crippen molar-refractivity contribution in [2.24, 2.45) is 0 Å². The van der Waals surface area contributed by atoms with Crippen LogP contribution in [0.5, 0.6) is 0 Å². The summed E-state index contributed by atoms with van der Waals surface area (Å²) >= 11 is 0. The lowest BCUT2D eigenvalue weighted by Crippen LogP contribution is -2.42. The fraction of sp³-hybridized carbons (Fsp3) is 0.429. The Balaban J connectivity index is 2.89. The first kappa shape index (κ1) is 7.94. The van der Waals surface area contributed by atoms with Gasteiger partial charge in [0.1, 0.15) is 0 Å². The molecule has 0 heterocycles. The molecule has 1 rings (SSSR count). The first-order valence-electron chi connectivity index (χ1n) is 3.26. The minimum atomic E-state index is -1.35. The van der Waals surface area contributed by atoms with E-state index in [2.05, 4.69) is 0 Å². The molecule has 0 spiro atoms. The predicted molar refractivity (Wildman–Crippen MR) is 39.7 cm³/mol. The Morgan fingerprint density at radius 1 is 1.64 bits per heavy atom. The van der Waals surface area contributed by atoms with Crippen molar-refractivity contribution >= 4 is 0 Å². The zero-order chi connectivity index (χ0) is 8.48. The molecule has 2 atom stereocenters. The van der Waals surface area contributed by atoms with Gasteiger partial charge >= 0.3 is 0 Å². The molecule has 0 radical (unpaired) electrons. The molecule has 0 saturated heterocycles. The van der Waals surface area contributed by atoms with Crippen LogP contribution in [0, 0.1) is 10.1 Å². The van der Waals surface area contributed by atoms with Crippen molar-refractivity contribution in [2.75, 3.05) is 0 Å². The number of allylic oxidation sites excluding steroid dienone is 2. The van der Waals surface area contributed by atoms with Crippen molar-refractivity contribution in [3.8, 4) is 0 Å². The molecule has 0 aromatic rings. The maximum absolute atomic E-state index is 10.3. The Labute approximate surface area is 64.0 Å². The van der Waals surface area contributed by atoms with E-state index in [0.717, 1.165) is 0 Å². The van der Waals surface area contributed by atoms with Crippen LogP contribution in [-0.4, -0.2) is 21.7 Å². The minimum Gasteiger partial charge on any atom is -0.378 e. The molecule has 11 heavy (non-hydrogen) atoms. The number of hydrogen-bond donors (Lipinski definition) is 1. The Kier molecular flexibility index (Phi) is 1.78. The van der Waals surface area contributed by atoms with E-state index < -0.39 is 16.6 Å². The molecule has 60 valence electrons.